The minimum absolute atomic E-state index is 0.00667. The molecule has 2 heterocycles. The Morgan fingerprint density at radius 3 is 2.82 bits per heavy atom. The van der Waals surface area contributed by atoms with Crippen LogP contribution in [0.2, 0.25) is 0 Å². The summed E-state index contributed by atoms with van der Waals surface area (Å²) in [5.74, 6) is 1.74. The van der Waals surface area contributed by atoms with Gasteiger partial charge in [-0.05, 0) is 32.2 Å². The maximum Gasteiger partial charge on any atom is 0.229 e. The van der Waals surface area contributed by atoms with Gasteiger partial charge in [0.05, 0.1) is 6.04 Å². The molecule has 1 aliphatic heterocycles. The topological polar surface area (TPSA) is 85.2 Å². The first-order valence-electron chi connectivity index (χ1n) is 8.46. The zero-order valence-corrected chi connectivity index (χ0v) is 13.8. The second kappa shape index (κ2) is 8.27. The summed E-state index contributed by atoms with van der Waals surface area (Å²) in [5, 5.41) is 4.08. The summed E-state index contributed by atoms with van der Waals surface area (Å²) in [5.41, 5.74) is 5.48. The number of rotatable bonds is 8. The van der Waals surface area contributed by atoms with Gasteiger partial charge in [-0.3, -0.25) is 4.79 Å². The lowest BCUT2D eigenvalue weighted by Gasteiger charge is -2.22. The van der Waals surface area contributed by atoms with E-state index in [1.165, 1.54) is 0 Å². The van der Waals surface area contributed by atoms with Gasteiger partial charge in [0.1, 0.15) is 0 Å². The fraction of sp³-hybridized carbons (Fsp3) is 0.812. The normalized spacial score (nSPS) is 18.4. The summed E-state index contributed by atoms with van der Waals surface area (Å²) < 4.78 is 5.28. The molecule has 1 atom stereocenters. The Hall–Kier alpha value is -1.43. The average Bonchev–Trinajstić information content (AvgIpc) is 3.15. The van der Waals surface area contributed by atoms with E-state index in [9.17, 15) is 4.79 Å². The van der Waals surface area contributed by atoms with Crippen molar-refractivity contribution in [2.45, 2.75) is 70.8 Å². The third-order valence-corrected chi connectivity index (χ3v) is 4.17. The van der Waals surface area contributed by atoms with E-state index in [2.05, 4.69) is 10.1 Å². The Bertz CT molecular complexity index is 472. The first-order chi connectivity index (χ1) is 10.6. The zero-order valence-electron chi connectivity index (χ0n) is 13.8. The second-order valence-corrected chi connectivity index (χ2v) is 6.34. The molecule has 0 radical (unpaired) electrons. The summed E-state index contributed by atoms with van der Waals surface area (Å²) in [7, 11) is 0. The highest BCUT2D eigenvalue weighted by Gasteiger charge is 2.33. The number of likely N-dealkylation sites (tertiary alicyclic amines) is 1. The highest BCUT2D eigenvalue weighted by atomic mass is 16.5. The molecule has 1 aromatic rings. The number of hydrogen-bond donors (Lipinski definition) is 1. The quantitative estimate of drug-likeness (QED) is 0.746. The minimum atomic E-state index is -0.00667. The van der Waals surface area contributed by atoms with Crippen LogP contribution in [0, 0.1) is 0 Å². The van der Waals surface area contributed by atoms with Crippen molar-refractivity contribution in [2.24, 2.45) is 5.73 Å². The Kier molecular flexibility index (Phi) is 6.36. The van der Waals surface area contributed by atoms with Crippen LogP contribution in [0.5, 0.6) is 0 Å². The Labute approximate surface area is 132 Å². The molecule has 1 fully saturated rings. The lowest BCUT2D eigenvalue weighted by molar-refractivity contribution is -0.132. The summed E-state index contributed by atoms with van der Waals surface area (Å²) in [6.45, 7) is 5.59. The first-order valence-corrected chi connectivity index (χ1v) is 8.46. The molecule has 0 bridgehead atoms. The monoisotopic (exact) mass is 308 g/mol. The standard InChI is InChI=1S/C16H28N4O2/c1-12(2)16-18-15(19-22-16)13-8-7-11-20(13)14(21)9-5-3-4-6-10-17/h12-13H,3-11,17H2,1-2H3. The number of amides is 1. The van der Waals surface area contributed by atoms with E-state index in [1.54, 1.807) is 0 Å². The summed E-state index contributed by atoms with van der Waals surface area (Å²) >= 11 is 0. The van der Waals surface area contributed by atoms with E-state index in [-0.39, 0.29) is 17.9 Å². The molecule has 0 aromatic carbocycles. The van der Waals surface area contributed by atoms with Gasteiger partial charge < -0.3 is 15.2 Å². The summed E-state index contributed by atoms with van der Waals surface area (Å²) in [6, 6.07) is -0.00667. The van der Waals surface area contributed by atoms with Gasteiger partial charge in [-0.15, -0.1) is 0 Å². The number of aromatic nitrogens is 2. The van der Waals surface area contributed by atoms with Crippen molar-refractivity contribution < 1.29 is 9.32 Å². The van der Waals surface area contributed by atoms with Crippen LogP contribution in [-0.2, 0) is 4.79 Å². The number of hydrogen-bond acceptors (Lipinski definition) is 5. The number of carbonyl (C=O) groups excluding carboxylic acids is 1. The van der Waals surface area contributed by atoms with Crippen LogP contribution in [0.1, 0.15) is 82.5 Å². The molecular weight excluding hydrogens is 280 g/mol. The molecule has 6 heteroatoms. The van der Waals surface area contributed by atoms with E-state index in [0.29, 0.717) is 18.1 Å². The van der Waals surface area contributed by atoms with Gasteiger partial charge in [0, 0.05) is 18.9 Å². The van der Waals surface area contributed by atoms with Gasteiger partial charge in [-0.2, -0.15) is 4.98 Å². The smallest absolute Gasteiger partial charge is 0.229 e. The highest BCUT2D eigenvalue weighted by Crippen LogP contribution is 2.31. The van der Waals surface area contributed by atoms with E-state index < -0.39 is 0 Å². The van der Waals surface area contributed by atoms with Crippen molar-refractivity contribution in [3.63, 3.8) is 0 Å². The van der Waals surface area contributed by atoms with E-state index in [4.69, 9.17) is 10.3 Å². The summed E-state index contributed by atoms with van der Waals surface area (Å²) in [4.78, 5) is 18.8. The fourth-order valence-electron chi connectivity index (χ4n) is 2.87. The molecule has 1 amide bonds. The molecule has 1 aromatic heterocycles. The van der Waals surface area contributed by atoms with Crippen LogP contribution in [0.15, 0.2) is 4.52 Å². The van der Waals surface area contributed by atoms with Crippen molar-refractivity contribution in [3.8, 4) is 0 Å². The molecule has 1 saturated heterocycles. The van der Waals surface area contributed by atoms with Gasteiger partial charge in [0.25, 0.3) is 0 Å². The van der Waals surface area contributed by atoms with Gasteiger partial charge >= 0.3 is 0 Å². The maximum absolute atomic E-state index is 12.4. The van der Waals surface area contributed by atoms with Crippen molar-refractivity contribution in [3.05, 3.63) is 11.7 Å². The molecule has 124 valence electrons. The highest BCUT2D eigenvalue weighted by molar-refractivity contribution is 5.76. The number of carbonyl (C=O) groups is 1. The molecular formula is C16H28N4O2. The molecule has 2 N–H and O–H groups in total. The second-order valence-electron chi connectivity index (χ2n) is 6.34. The first kappa shape index (κ1) is 16.9. The molecule has 2 rings (SSSR count). The average molecular weight is 308 g/mol. The maximum atomic E-state index is 12.4. The Morgan fingerprint density at radius 2 is 2.14 bits per heavy atom. The number of nitrogens with zero attached hydrogens (tertiary/aromatic N) is 3. The van der Waals surface area contributed by atoms with E-state index >= 15 is 0 Å². The Morgan fingerprint density at radius 1 is 1.36 bits per heavy atom. The SMILES string of the molecule is CC(C)c1nc(C2CCCN2C(=O)CCCCCCN)no1. The molecule has 1 unspecified atom stereocenters. The van der Waals surface area contributed by atoms with Gasteiger partial charge in [-0.25, -0.2) is 0 Å². The zero-order chi connectivity index (χ0) is 15.9. The fourth-order valence-corrected chi connectivity index (χ4v) is 2.87. The van der Waals surface area contributed by atoms with Gasteiger partial charge in [0.2, 0.25) is 11.8 Å². The molecule has 22 heavy (non-hydrogen) atoms. The molecule has 0 aliphatic carbocycles. The van der Waals surface area contributed by atoms with Crippen molar-refractivity contribution in [1.82, 2.24) is 15.0 Å². The lowest BCUT2D eigenvalue weighted by atomic mass is 10.1. The minimum Gasteiger partial charge on any atom is -0.339 e. The molecule has 0 saturated carbocycles. The van der Waals surface area contributed by atoms with E-state index in [0.717, 1.165) is 51.6 Å². The summed E-state index contributed by atoms with van der Waals surface area (Å²) in [6.07, 6.45) is 6.70. The molecule has 6 nitrogen and oxygen atoms in total. The number of nitrogens with two attached hydrogens (primary N) is 1. The van der Waals surface area contributed by atoms with Crippen molar-refractivity contribution in [1.29, 1.82) is 0 Å². The van der Waals surface area contributed by atoms with Crippen LogP contribution in [0.25, 0.3) is 0 Å². The van der Waals surface area contributed by atoms with Crippen LogP contribution < -0.4 is 5.73 Å². The number of unbranched alkanes of at least 4 members (excludes halogenated alkanes) is 3. The largest absolute Gasteiger partial charge is 0.339 e. The van der Waals surface area contributed by atoms with Crippen LogP contribution in [0.4, 0.5) is 0 Å². The predicted molar refractivity (Wildman–Crippen MR) is 84.2 cm³/mol. The predicted octanol–water partition coefficient (Wildman–Crippen LogP) is 2.77. The van der Waals surface area contributed by atoms with Crippen LogP contribution in [0.3, 0.4) is 0 Å². The van der Waals surface area contributed by atoms with Crippen LogP contribution >= 0.6 is 0 Å². The van der Waals surface area contributed by atoms with Crippen molar-refractivity contribution >= 4 is 5.91 Å². The van der Waals surface area contributed by atoms with Crippen molar-refractivity contribution in [2.75, 3.05) is 13.1 Å². The van der Waals surface area contributed by atoms with Gasteiger partial charge in [-0.1, -0.05) is 31.8 Å². The molecule has 0 spiro atoms. The third-order valence-electron chi connectivity index (χ3n) is 4.17. The van der Waals surface area contributed by atoms with Gasteiger partial charge in [0.15, 0.2) is 5.82 Å². The lowest BCUT2D eigenvalue weighted by Crippen LogP contribution is -2.30. The third kappa shape index (κ3) is 4.29. The molecule has 1 aliphatic rings. The van der Waals surface area contributed by atoms with E-state index in [1.807, 2.05) is 18.7 Å². The Balaban J connectivity index is 1.87. The van der Waals surface area contributed by atoms with Crippen LogP contribution in [-0.4, -0.2) is 34.0 Å².